The lowest BCUT2D eigenvalue weighted by atomic mass is 9.65. The van der Waals surface area contributed by atoms with Crippen LogP contribution in [0.5, 0.6) is 0 Å². The fourth-order valence-corrected chi connectivity index (χ4v) is 2.01. The van der Waals surface area contributed by atoms with Crippen LogP contribution < -0.4 is 0 Å². The van der Waals surface area contributed by atoms with Crippen molar-refractivity contribution in [3.8, 4) is 0 Å². The molecule has 0 saturated heterocycles. The Hall–Kier alpha value is -0.530. The first-order chi connectivity index (χ1) is 7.79. The molecule has 0 N–H and O–H groups in total. The topological polar surface area (TPSA) is 26.3 Å². The minimum Gasteiger partial charge on any atom is -0.469 e. The summed E-state index contributed by atoms with van der Waals surface area (Å²) < 4.78 is 4.91. The Morgan fingerprint density at radius 1 is 1.00 bits per heavy atom. The summed E-state index contributed by atoms with van der Waals surface area (Å²) in [6.07, 6.45) is 7.46. The van der Waals surface area contributed by atoms with Gasteiger partial charge >= 0.3 is 5.97 Å². The highest BCUT2D eigenvalue weighted by molar-refractivity contribution is 5.76. The number of hydrogen-bond donors (Lipinski definition) is 0. The predicted octanol–water partition coefficient (Wildman–Crippen LogP) is 4.57. The summed E-state index contributed by atoms with van der Waals surface area (Å²) in [6, 6.07) is 0. The molecular weight excluding hydrogens is 212 g/mol. The summed E-state index contributed by atoms with van der Waals surface area (Å²) in [5.41, 5.74) is -0.418. The summed E-state index contributed by atoms with van der Waals surface area (Å²) >= 11 is 0. The van der Waals surface area contributed by atoms with Crippen LogP contribution in [0.15, 0.2) is 0 Å². The lowest BCUT2D eigenvalue weighted by molar-refractivity contribution is -0.158. The average Bonchev–Trinajstić information content (AvgIpc) is 2.27. The third kappa shape index (κ3) is 4.69. The van der Waals surface area contributed by atoms with E-state index in [4.69, 9.17) is 4.74 Å². The SMILES string of the molecule is CCCCCCCC(C)(C)C(C)(C)C(=O)OC. The van der Waals surface area contributed by atoms with Gasteiger partial charge in [0.2, 0.25) is 0 Å². The summed E-state index contributed by atoms with van der Waals surface area (Å²) in [4.78, 5) is 11.8. The molecular formula is C15H30O2. The van der Waals surface area contributed by atoms with Gasteiger partial charge in [0, 0.05) is 0 Å². The molecule has 0 aliphatic rings. The lowest BCUT2D eigenvalue weighted by Gasteiger charge is -2.39. The number of hydrogen-bond acceptors (Lipinski definition) is 2. The van der Waals surface area contributed by atoms with Gasteiger partial charge in [0.25, 0.3) is 0 Å². The Bertz CT molecular complexity index is 229. The average molecular weight is 242 g/mol. The monoisotopic (exact) mass is 242 g/mol. The van der Waals surface area contributed by atoms with Crippen molar-refractivity contribution in [1.29, 1.82) is 0 Å². The zero-order valence-corrected chi connectivity index (χ0v) is 12.6. The number of rotatable bonds is 8. The molecule has 0 aliphatic heterocycles. The van der Waals surface area contributed by atoms with Crippen molar-refractivity contribution in [3.63, 3.8) is 0 Å². The van der Waals surface area contributed by atoms with E-state index in [0.29, 0.717) is 0 Å². The lowest BCUT2D eigenvalue weighted by Crippen LogP contribution is -2.40. The summed E-state index contributed by atoms with van der Waals surface area (Å²) in [6.45, 7) is 10.5. The Morgan fingerprint density at radius 3 is 2.00 bits per heavy atom. The van der Waals surface area contributed by atoms with Crippen molar-refractivity contribution in [2.75, 3.05) is 7.11 Å². The molecule has 0 rings (SSSR count). The van der Waals surface area contributed by atoms with Gasteiger partial charge in [-0.2, -0.15) is 0 Å². The first kappa shape index (κ1) is 16.5. The van der Waals surface area contributed by atoms with Crippen LogP contribution in [0.4, 0.5) is 0 Å². The molecule has 0 heterocycles. The van der Waals surface area contributed by atoms with Gasteiger partial charge < -0.3 is 4.74 Å². The Balaban J connectivity index is 4.22. The zero-order valence-electron chi connectivity index (χ0n) is 12.6. The molecule has 0 amide bonds. The summed E-state index contributed by atoms with van der Waals surface area (Å²) in [5, 5.41) is 0. The van der Waals surface area contributed by atoms with E-state index >= 15 is 0 Å². The number of unbranched alkanes of at least 4 members (excludes halogenated alkanes) is 4. The largest absolute Gasteiger partial charge is 0.469 e. The molecule has 0 aromatic heterocycles. The summed E-state index contributed by atoms with van der Waals surface area (Å²) in [5.74, 6) is -0.101. The van der Waals surface area contributed by atoms with E-state index in [9.17, 15) is 4.79 Å². The maximum absolute atomic E-state index is 11.8. The van der Waals surface area contributed by atoms with E-state index in [2.05, 4.69) is 20.8 Å². The second-order valence-corrected chi connectivity index (χ2v) is 6.16. The van der Waals surface area contributed by atoms with Crippen LogP contribution in [0.3, 0.4) is 0 Å². The van der Waals surface area contributed by atoms with Crippen LogP contribution in [0, 0.1) is 10.8 Å². The molecule has 17 heavy (non-hydrogen) atoms. The molecule has 0 fully saturated rings. The third-order valence-corrected chi connectivity index (χ3v) is 4.29. The van der Waals surface area contributed by atoms with Gasteiger partial charge in [-0.1, -0.05) is 52.9 Å². The number of methoxy groups -OCH3 is 1. The van der Waals surface area contributed by atoms with Crippen molar-refractivity contribution in [1.82, 2.24) is 0 Å². The number of carbonyl (C=O) groups is 1. The standard InChI is InChI=1S/C15H30O2/c1-7-8-9-10-11-12-14(2,3)15(4,5)13(16)17-6/h7-12H2,1-6H3. The van der Waals surface area contributed by atoms with Crippen LogP contribution in [0.25, 0.3) is 0 Å². The predicted molar refractivity (Wildman–Crippen MR) is 73.0 cm³/mol. The molecule has 2 heteroatoms. The van der Waals surface area contributed by atoms with Gasteiger partial charge in [0.05, 0.1) is 12.5 Å². The highest BCUT2D eigenvalue weighted by Gasteiger charge is 2.43. The van der Waals surface area contributed by atoms with E-state index in [1.54, 1.807) is 0 Å². The first-order valence-corrected chi connectivity index (χ1v) is 6.88. The third-order valence-electron chi connectivity index (χ3n) is 4.29. The van der Waals surface area contributed by atoms with Crippen molar-refractivity contribution >= 4 is 5.97 Å². The number of ether oxygens (including phenoxy) is 1. The highest BCUT2D eigenvalue weighted by Crippen LogP contribution is 2.43. The molecule has 0 aliphatic carbocycles. The molecule has 2 nitrogen and oxygen atoms in total. The minimum absolute atomic E-state index is 0.00763. The quantitative estimate of drug-likeness (QED) is 0.460. The molecule has 0 spiro atoms. The second-order valence-electron chi connectivity index (χ2n) is 6.16. The molecule has 0 unspecified atom stereocenters. The molecule has 0 bridgehead atoms. The fraction of sp³-hybridized carbons (Fsp3) is 0.933. The Kier molecular flexibility index (Phi) is 6.81. The van der Waals surface area contributed by atoms with Crippen molar-refractivity contribution in [2.24, 2.45) is 10.8 Å². The van der Waals surface area contributed by atoms with E-state index < -0.39 is 5.41 Å². The normalized spacial score (nSPS) is 12.6. The smallest absolute Gasteiger partial charge is 0.311 e. The van der Waals surface area contributed by atoms with Crippen LogP contribution in [0.2, 0.25) is 0 Å². The van der Waals surface area contributed by atoms with E-state index in [1.807, 2.05) is 13.8 Å². The van der Waals surface area contributed by atoms with Gasteiger partial charge in [0.15, 0.2) is 0 Å². The van der Waals surface area contributed by atoms with Crippen LogP contribution in [-0.4, -0.2) is 13.1 Å². The summed E-state index contributed by atoms with van der Waals surface area (Å²) in [7, 11) is 1.47. The van der Waals surface area contributed by atoms with Gasteiger partial charge in [-0.05, 0) is 25.7 Å². The van der Waals surface area contributed by atoms with Crippen molar-refractivity contribution < 1.29 is 9.53 Å². The van der Waals surface area contributed by atoms with E-state index in [0.717, 1.165) is 6.42 Å². The van der Waals surface area contributed by atoms with Gasteiger partial charge in [-0.3, -0.25) is 4.79 Å². The number of carbonyl (C=O) groups excluding carboxylic acids is 1. The Labute approximate surface area is 107 Å². The molecule has 0 aromatic carbocycles. The minimum atomic E-state index is -0.410. The zero-order chi connectivity index (χ0) is 13.5. The molecule has 0 saturated carbocycles. The molecule has 0 radical (unpaired) electrons. The van der Waals surface area contributed by atoms with Gasteiger partial charge in [-0.15, -0.1) is 0 Å². The maximum atomic E-state index is 11.8. The first-order valence-electron chi connectivity index (χ1n) is 6.88. The highest BCUT2D eigenvalue weighted by atomic mass is 16.5. The van der Waals surface area contributed by atoms with E-state index in [-0.39, 0.29) is 11.4 Å². The van der Waals surface area contributed by atoms with E-state index in [1.165, 1.54) is 39.2 Å². The van der Waals surface area contributed by atoms with Crippen LogP contribution >= 0.6 is 0 Å². The van der Waals surface area contributed by atoms with Gasteiger partial charge in [0.1, 0.15) is 0 Å². The fourth-order valence-electron chi connectivity index (χ4n) is 2.01. The van der Waals surface area contributed by atoms with Crippen LogP contribution in [-0.2, 0) is 9.53 Å². The van der Waals surface area contributed by atoms with Gasteiger partial charge in [-0.25, -0.2) is 0 Å². The van der Waals surface area contributed by atoms with Crippen LogP contribution in [0.1, 0.15) is 73.1 Å². The number of esters is 1. The van der Waals surface area contributed by atoms with Crippen molar-refractivity contribution in [2.45, 2.75) is 73.1 Å². The maximum Gasteiger partial charge on any atom is 0.311 e. The second kappa shape index (κ2) is 7.03. The molecule has 0 aromatic rings. The molecule has 0 atom stereocenters. The van der Waals surface area contributed by atoms with Crippen molar-refractivity contribution in [3.05, 3.63) is 0 Å². The Morgan fingerprint density at radius 2 is 1.53 bits per heavy atom. The molecule has 102 valence electrons.